The third-order valence-electron chi connectivity index (χ3n) is 9.33. The number of aromatic nitrogens is 2. The number of methoxy groups -OCH3 is 2. The average molecular weight is 739 g/mol. The van der Waals surface area contributed by atoms with Gasteiger partial charge in [-0.3, -0.25) is 9.78 Å². The number of carbonyl (C=O) groups is 2. The Morgan fingerprint density at radius 3 is 2.51 bits per heavy atom. The number of nitrogens with zero attached hydrogens (tertiary/aromatic N) is 3. The molecule has 4 N–H and O–H groups in total. The number of carboxylic acid groups (broad SMARTS) is 1. The summed E-state index contributed by atoms with van der Waals surface area (Å²) in [5.74, 6) is -0.00163. The molecule has 0 spiro atoms. The van der Waals surface area contributed by atoms with E-state index in [0.29, 0.717) is 81.2 Å². The molecular weight excluding hydrogens is 700 g/mol. The van der Waals surface area contributed by atoms with Gasteiger partial charge in [-0.25, -0.2) is 14.2 Å². The minimum Gasteiger partial charge on any atom is -0.496 e. The first-order chi connectivity index (χ1) is 24.4. The van der Waals surface area contributed by atoms with Crippen molar-refractivity contribution in [1.29, 1.82) is 0 Å². The molecule has 2 fully saturated rings. The van der Waals surface area contributed by atoms with Gasteiger partial charge in [0.25, 0.3) is 0 Å². The molecule has 0 bridgehead atoms. The monoisotopic (exact) mass is 737 g/mol. The van der Waals surface area contributed by atoms with E-state index in [-0.39, 0.29) is 48.5 Å². The van der Waals surface area contributed by atoms with Gasteiger partial charge < -0.3 is 35.2 Å². The summed E-state index contributed by atoms with van der Waals surface area (Å²) in [6.07, 6.45) is 2.57. The lowest BCUT2D eigenvalue weighted by Crippen LogP contribution is -2.51. The Bertz CT molecular complexity index is 1970. The molecule has 1 saturated carbocycles. The number of amides is 2. The molecule has 51 heavy (non-hydrogen) atoms. The van der Waals surface area contributed by atoms with Gasteiger partial charge in [-0.1, -0.05) is 41.4 Å². The highest BCUT2D eigenvalue weighted by Gasteiger charge is 2.38. The minimum absolute atomic E-state index is 0.00786. The number of benzene rings is 2. The van der Waals surface area contributed by atoms with Crippen LogP contribution in [0.5, 0.6) is 11.6 Å². The number of rotatable bonds is 12. The molecule has 1 aliphatic heterocycles. The number of nitrogens with one attached hydrogen (secondary N) is 2. The number of hydrogen-bond donors (Lipinski definition) is 4. The number of hydrogen-bond acceptors (Lipinski definition) is 8. The molecule has 2 amide bonds. The van der Waals surface area contributed by atoms with Crippen LogP contribution < -0.4 is 20.1 Å². The van der Waals surface area contributed by atoms with Crippen LogP contribution in [0, 0.1) is 5.82 Å². The zero-order valence-electron chi connectivity index (χ0n) is 28.3. The fourth-order valence-corrected chi connectivity index (χ4v) is 7.35. The predicted octanol–water partition coefficient (Wildman–Crippen LogP) is 6.70. The topological polar surface area (TPSA) is 146 Å². The van der Waals surface area contributed by atoms with E-state index in [9.17, 15) is 19.8 Å². The first kappa shape index (κ1) is 36.3. The van der Waals surface area contributed by atoms with E-state index in [1.807, 2.05) is 12.1 Å². The Balaban J connectivity index is 1.26. The van der Waals surface area contributed by atoms with Crippen LogP contribution in [0.3, 0.4) is 0 Å². The first-order valence-corrected chi connectivity index (χ1v) is 17.2. The Kier molecular flexibility index (Phi) is 10.7. The zero-order valence-corrected chi connectivity index (χ0v) is 29.8. The summed E-state index contributed by atoms with van der Waals surface area (Å²) in [5.41, 5.74) is 3.19. The van der Waals surface area contributed by atoms with E-state index in [2.05, 4.69) is 20.6 Å². The molecule has 3 heterocycles. The quantitative estimate of drug-likeness (QED) is 0.125. The summed E-state index contributed by atoms with van der Waals surface area (Å²) < 4.78 is 26.7. The van der Waals surface area contributed by atoms with Gasteiger partial charge >= 0.3 is 6.09 Å². The molecule has 2 aromatic heterocycles. The van der Waals surface area contributed by atoms with Crippen molar-refractivity contribution >= 4 is 35.2 Å². The maximum atomic E-state index is 15.5. The Labute approximate surface area is 304 Å². The molecule has 11 nitrogen and oxygen atoms in total. The summed E-state index contributed by atoms with van der Waals surface area (Å²) in [7, 11) is 2.93. The van der Waals surface area contributed by atoms with Gasteiger partial charge in [0.15, 0.2) is 0 Å². The van der Waals surface area contributed by atoms with E-state index < -0.39 is 17.5 Å². The second-order valence-electron chi connectivity index (χ2n) is 13.1. The Hall–Kier alpha value is -4.49. The minimum atomic E-state index is -1.12. The number of halogens is 3. The van der Waals surface area contributed by atoms with Crippen LogP contribution in [-0.4, -0.2) is 75.5 Å². The lowest BCUT2D eigenvalue weighted by atomic mass is 9.77. The van der Waals surface area contributed by atoms with Crippen molar-refractivity contribution in [3.05, 3.63) is 81.7 Å². The van der Waals surface area contributed by atoms with Crippen molar-refractivity contribution in [2.24, 2.45) is 0 Å². The molecule has 1 saturated heterocycles. The lowest BCUT2D eigenvalue weighted by Gasteiger charge is -2.41. The highest BCUT2D eigenvalue weighted by molar-refractivity contribution is 6.39. The summed E-state index contributed by atoms with van der Waals surface area (Å²) >= 11 is 14.0. The molecular formula is C37H38Cl2FN5O6. The fourth-order valence-electron chi connectivity index (χ4n) is 6.70. The SMILES string of the molecule is COc1cc(-c2nccc(-c3cccc(-c4ccc(CN(C[C@@H]5CCC(=O)N5)C(=O)O)c(OC)n4)c3Cl)c2Cl)cc(F)c1CNC1CC(C)(O)C1. The summed E-state index contributed by atoms with van der Waals surface area (Å²) in [6, 6.07) is 13.5. The van der Waals surface area contributed by atoms with Crippen molar-refractivity contribution < 1.29 is 33.7 Å². The van der Waals surface area contributed by atoms with E-state index in [1.54, 1.807) is 43.5 Å². The predicted molar refractivity (Wildman–Crippen MR) is 192 cm³/mol. The third kappa shape index (κ3) is 7.89. The number of pyridine rings is 2. The molecule has 2 aromatic carbocycles. The zero-order chi connectivity index (χ0) is 36.4. The van der Waals surface area contributed by atoms with Crippen LogP contribution in [0.2, 0.25) is 10.0 Å². The third-order valence-corrected chi connectivity index (χ3v) is 10.1. The second-order valence-corrected chi connectivity index (χ2v) is 13.9. The first-order valence-electron chi connectivity index (χ1n) is 16.4. The van der Waals surface area contributed by atoms with Crippen LogP contribution in [0.15, 0.2) is 54.7 Å². The van der Waals surface area contributed by atoms with E-state index in [0.717, 1.165) is 0 Å². The van der Waals surface area contributed by atoms with Gasteiger partial charge in [0, 0.05) is 71.2 Å². The normalized spacial score (nSPS) is 19.7. The number of aliphatic hydroxyl groups is 1. The van der Waals surface area contributed by atoms with Gasteiger partial charge in [0.1, 0.15) is 11.6 Å². The lowest BCUT2D eigenvalue weighted by molar-refractivity contribution is -0.119. The van der Waals surface area contributed by atoms with Crippen LogP contribution in [0.1, 0.15) is 43.7 Å². The van der Waals surface area contributed by atoms with E-state index in [1.165, 1.54) is 25.2 Å². The van der Waals surface area contributed by atoms with Crippen molar-refractivity contribution in [2.75, 3.05) is 20.8 Å². The number of ether oxygens (including phenoxy) is 2. The highest BCUT2D eigenvalue weighted by atomic mass is 35.5. The average Bonchev–Trinajstić information content (AvgIpc) is 3.50. The van der Waals surface area contributed by atoms with Crippen LogP contribution in [-0.2, 0) is 17.9 Å². The molecule has 1 atom stereocenters. The molecule has 0 radical (unpaired) electrons. The van der Waals surface area contributed by atoms with Crippen molar-refractivity contribution in [3.63, 3.8) is 0 Å². The van der Waals surface area contributed by atoms with Gasteiger partial charge in [-0.2, -0.15) is 0 Å². The maximum absolute atomic E-state index is 15.5. The van der Waals surface area contributed by atoms with Crippen LogP contribution >= 0.6 is 23.2 Å². The van der Waals surface area contributed by atoms with Crippen molar-refractivity contribution in [2.45, 2.75) is 63.4 Å². The van der Waals surface area contributed by atoms with Gasteiger partial charge in [-0.15, -0.1) is 0 Å². The van der Waals surface area contributed by atoms with E-state index >= 15 is 4.39 Å². The van der Waals surface area contributed by atoms with Gasteiger partial charge in [0.05, 0.1) is 47.8 Å². The van der Waals surface area contributed by atoms with Crippen molar-refractivity contribution in [3.8, 4) is 45.3 Å². The molecule has 1 aliphatic carbocycles. The van der Waals surface area contributed by atoms with E-state index in [4.69, 9.17) is 32.7 Å². The molecule has 14 heteroatoms. The maximum Gasteiger partial charge on any atom is 0.407 e. The largest absolute Gasteiger partial charge is 0.496 e. The number of carbonyl (C=O) groups excluding carboxylic acids is 1. The summed E-state index contributed by atoms with van der Waals surface area (Å²) in [6.45, 7) is 2.16. The second kappa shape index (κ2) is 15.0. The smallest absolute Gasteiger partial charge is 0.407 e. The van der Waals surface area contributed by atoms with Gasteiger partial charge in [0.2, 0.25) is 11.8 Å². The highest BCUT2D eigenvalue weighted by Crippen LogP contribution is 2.43. The van der Waals surface area contributed by atoms with Crippen LogP contribution in [0.4, 0.5) is 9.18 Å². The Morgan fingerprint density at radius 2 is 1.84 bits per heavy atom. The summed E-state index contributed by atoms with van der Waals surface area (Å²) in [4.78, 5) is 34.0. The molecule has 0 unspecified atom stereocenters. The molecule has 2 aliphatic rings. The fraction of sp³-hybridized carbons (Fsp3) is 0.351. The summed E-state index contributed by atoms with van der Waals surface area (Å²) in [5, 5.41) is 26.6. The standard InChI is InChI=1S/C37H38Cl2FN5O6/c1-37(49)15-23(16-37)42-17-27-28(40)13-21(14-30(27)50-2)34-33(39)25(11-12-41-34)24-5-4-6-26(32(24)38)29-9-7-20(35(44-29)51-3)18-45(36(47)48)19-22-8-10-31(46)43-22/h4-7,9,11-14,22-23,42,49H,8,10,15-19H2,1-3H3,(H,43,46)(H,47,48)/t22-,23?,37?/m0/s1. The van der Waals surface area contributed by atoms with Crippen LogP contribution in [0.25, 0.3) is 33.6 Å². The molecule has 268 valence electrons. The molecule has 6 rings (SSSR count). The molecule has 4 aromatic rings. The van der Waals surface area contributed by atoms with Gasteiger partial charge in [-0.05, 0) is 56.5 Å². The Morgan fingerprint density at radius 1 is 1.10 bits per heavy atom. The van der Waals surface area contributed by atoms with Crippen molar-refractivity contribution in [1.82, 2.24) is 25.5 Å².